The number of aliphatic carboxylic acids is 1. The predicted octanol–water partition coefficient (Wildman–Crippen LogP) is 1.54. The number of nitrogens with one attached hydrogen (secondary N) is 1. The number of hydrogen-bond acceptors (Lipinski definition) is 11. The lowest BCUT2D eigenvalue weighted by Crippen LogP contribution is -2.66. The summed E-state index contributed by atoms with van der Waals surface area (Å²) in [6.07, 6.45) is -5.99. The summed E-state index contributed by atoms with van der Waals surface area (Å²) in [4.78, 5) is 41.6. The van der Waals surface area contributed by atoms with Crippen molar-refractivity contribution in [1.82, 2.24) is 9.97 Å². The van der Waals surface area contributed by atoms with E-state index in [1.807, 2.05) is 0 Å². The Bertz CT molecular complexity index is 964. The van der Waals surface area contributed by atoms with Gasteiger partial charge in [0.2, 0.25) is 0 Å². The molecule has 0 aromatic carbocycles. The second-order valence-corrected chi connectivity index (χ2v) is 8.33. The molecule has 2 aliphatic rings. The molecule has 3 heterocycles. The highest BCUT2D eigenvalue weighted by Gasteiger charge is 2.63. The van der Waals surface area contributed by atoms with E-state index < -0.39 is 59.9 Å². The summed E-state index contributed by atoms with van der Waals surface area (Å²) in [5, 5.41) is 11.4. The number of carbonyl (C=O) groups excluding carboxylic acids is 2. The third-order valence-electron chi connectivity index (χ3n) is 5.42. The van der Waals surface area contributed by atoms with Crippen LogP contribution in [-0.4, -0.2) is 82.9 Å². The number of aromatic nitrogens is 2. The Hall–Kier alpha value is -3.04. The Balaban J connectivity index is 1.82. The molecule has 3 rings (SSSR count). The average Bonchev–Trinajstić information content (AvgIpc) is 3.17. The van der Waals surface area contributed by atoms with Crippen LogP contribution >= 0.6 is 0 Å². The van der Waals surface area contributed by atoms with Crippen molar-refractivity contribution < 1.29 is 56.3 Å². The lowest BCUT2D eigenvalue weighted by atomic mass is 9.87. The monoisotopic (exact) mass is 521 g/mol. The molecule has 0 radical (unpaired) electrons. The minimum atomic E-state index is -4.75. The molecule has 1 aromatic heterocycles. The fourth-order valence-electron chi connectivity index (χ4n) is 3.95. The Labute approximate surface area is 203 Å². The van der Waals surface area contributed by atoms with Crippen LogP contribution in [0.1, 0.15) is 38.8 Å². The van der Waals surface area contributed by atoms with Crippen LogP contribution in [0.4, 0.5) is 19.0 Å². The molecule has 0 spiro atoms. The lowest BCUT2D eigenvalue weighted by Gasteiger charge is -2.45. The molecular formula is C21H26F3N3O9. The highest BCUT2D eigenvalue weighted by Crippen LogP contribution is 2.41. The van der Waals surface area contributed by atoms with E-state index in [-0.39, 0.29) is 32.1 Å². The summed E-state index contributed by atoms with van der Waals surface area (Å²) < 4.78 is 67.5. The highest BCUT2D eigenvalue weighted by molar-refractivity contribution is 5.68. The number of anilines is 1. The fraction of sp³-hybridized carbons (Fsp3) is 0.667. The van der Waals surface area contributed by atoms with Gasteiger partial charge in [-0.1, -0.05) is 0 Å². The minimum Gasteiger partial charge on any atom is -0.481 e. The maximum atomic E-state index is 13.1. The second-order valence-electron chi connectivity index (χ2n) is 8.33. The first-order chi connectivity index (χ1) is 16.9. The molecule has 0 unspecified atom stereocenters. The molecule has 2 fully saturated rings. The third-order valence-corrected chi connectivity index (χ3v) is 5.42. The van der Waals surface area contributed by atoms with Gasteiger partial charge in [-0.25, -0.2) is 4.98 Å². The van der Waals surface area contributed by atoms with Gasteiger partial charge in [0.1, 0.15) is 11.9 Å². The topological polar surface area (TPSA) is 155 Å². The Morgan fingerprint density at radius 1 is 1.19 bits per heavy atom. The number of alkyl halides is 3. The summed E-state index contributed by atoms with van der Waals surface area (Å²) in [5.41, 5.74) is -2.64. The van der Waals surface area contributed by atoms with Crippen molar-refractivity contribution in [2.24, 2.45) is 0 Å². The zero-order valence-electron chi connectivity index (χ0n) is 19.4. The summed E-state index contributed by atoms with van der Waals surface area (Å²) in [6, 6.07) is -1.12. The molecule has 36 heavy (non-hydrogen) atoms. The number of rotatable bonds is 11. The van der Waals surface area contributed by atoms with Gasteiger partial charge in [0.15, 0.2) is 29.8 Å². The van der Waals surface area contributed by atoms with Crippen molar-refractivity contribution in [3.05, 3.63) is 18.1 Å². The molecule has 15 heteroatoms. The number of fused-ring (bicyclic) bond motifs is 2. The minimum absolute atomic E-state index is 0.0213. The molecule has 2 N–H and O–H groups in total. The first-order valence-electron chi connectivity index (χ1n) is 11.0. The van der Waals surface area contributed by atoms with Crippen LogP contribution in [0.3, 0.4) is 0 Å². The number of esters is 2. The van der Waals surface area contributed by atoms with E-state index in [9.17, 15) is 27.6 Å². The first kappa shape index (κ1) is 27.5. The third kappa shape index (κ3) is 6.79. The Morgan fingerprint density at radius 3 is 2.56 bits per heavy atom. The standard InChI is InChI=1S/C21H26F3N3O9/c1-11(28)34-17-16(27-14-8-25-7-13(26-14)21(22,23)24)19-33-10-20(36-19,18(17)35-12(2)29)9-32-6-4-3-5-15(30)31/h7-8,16-19H,3-6,9-10H2,1-2H3,(H,26,27)(H,30,31)/t16-,17-,18-,19+,20+/m1/s1. The zero-order valence-corrected chi connectivity index (χ0v) is 19.4. The maximum Gasteiger partial charge on any atom is 0.434 e. The van der Waals surface area contributed by atoms with E-state index in [2.05, 4.69) is 15.3 Å². The molecule has 2 aliphatic heterocycles. The van der Waals surface area contributed by atoms with E-state index in [0.29, 0.717) is 19.0 Å². The molecular weight excluding hydrogens is 495 g/mol. The number of nitrogens with zero attached hydrogens (tertiary/aromatic N) is 2. The number of carboxylic acids is 1. The number of hydrogen-bond donors (Lipinski definition) is 2. The van der Waals surface area contributed by atoms with Gasteiger partial charge < -0.3 is 34.1 Å². The van der Waals surface area contributed by atoms with Crippen LogP contribution in [-0.2, 0) is 44.2 Å². The molecule has 2 bridgehead atoms. The number of carboxylic acid groups (broad SMARTS) is 1. The first-order valence-corrected chi connectivity index (χ1v) is 11.0. The van der Waals surface area contributed by atoms with Crippen LogP contribution in [0, 0.1) is 0 Å². The number of unbranched alkanes of at least 4 members (excludes halogenated alkanes) is 1. The van der Waals surface area contributed by atoms with Crippen molar-refractivity contribution in [2.45, 2.75) is 69.4 Å². The lowest BCUT2D eigenvalue weighted by molar-refractivity contribution is -0.244. The van der Waals surface area contributed by atoms with Crippen LogP contribution in [0.5, 0.6) is 0 Å². The number of ether oxygens (including phenoxy) is 5. The van der Waals surface area contributed by atoms with Gasteiger partial charge in [0.25, 0.3) is 0 Å². The summed E-state index contributed by atoms with van der Waals surface area (Å²) >= 11 is 0. The Morgan fingerprint density at radius 2 is 1.92 bits per heavy atom. The van der Waals surface area contributed by atoms with E-state index in [4.69, 9.17) is 28.8 Å². The van der Waals surface area contributed by atoms with E-state index >= 15 is 0 Å². The van der Waals surface area contributed by atoms with E-state index in [0.717, 1.165) is 20.0 Å². The van der Waals surface area contributed by atoms with Crippen molar-refractivity contribution in [2.75, 3.05) is 25.1 Å². The molecule has 12 nitrogen and oxygen atoms in total. The van der Waals surface area contributed by atoms with Gasteiger partial charge in [-0.15, -0.1) is 0 Å². The SMILES string of the molecule is CC(=O)O[C@@H]1[C@@H](Nc2cncc(C(F)(F)F)n2)[C@H]2OC[C@](COCCCCC(=O)O)(O2)[C@@H]1OC(C)=O. The Kier molecular flexibility index (Phi) is 8.68. The van der Waals surface area contributed by atoms with Crippen molar-refractivity contribution in [1.29, 1.82) is 0 Å². The van der Waals surface area contributed by atoms with Crippen LogP contribution in [0.15, 0.2) is 12.4 Å². The normalized spacial score (nSPS) is 27.4. The van der Waals surface area contributed by atoms with Crippen LogP contribution in [0.25, 0.3) is 0 Å². The van der Waals surface area contributed by atoms with Gasteiger partial charge in [0, 0.05) is 26.9 Å². The van der Waals surface area contributed by atoms with Gasteiger partial charge in [0.05, 0.1) is 25.6 Å². The van der Waals surface area contributed by atoms with Crippen molar-refractivity contribution >= 4 is 23.7 Å². The van der Waals surface area contributed by atoms with Gasteiger partial charge in [-0.2, -0.15) is 13.2 Å². The molecule has 0 aliphatic carbocycles. The van der Waals surface area contributed by atoms with Crippen molar-refractivity contribution in [3.8, 4) is 0 Å². The maximum absolute atomic E-state index is 13.1. The summed E-state index contributed by atoms with van der Waals surface area (Å²) in [6.45, 7) is 2.14. The molecule has 2 saturated heterocycles. The van der Waals surface area contributed by atoms with Crippen LogP contribution < -0.4 is 5.32 Å². The summed E-state index contributed by atoms with van der Waals surface area (Å²) in [5.74, 6) is -2.70. The average molecular weight is 521 g/mol. The van der Waals surface area contributed by atoms with Crippen LogP contribution in [0.2, 0.25) is 0 Å². The zero-order chi connectivity index (χ0) is 26.5. The smallest absolute Gasteiger partial charge is 0.434 e. The molecule has 1 aromatic rings. The predicted molar refractivity (Wildman–Crippen MR) is 111 cm³/mol. The second kappa shape index (κ2) is 11.3. The van der Waals surface area contributed by atoms with E-state index in [1.54, 1.807) is 0 Å². The van der Waals surface area contributed by atoms with Crippen molar-refractivity contribution in [3.63, 3.8) is 0 Å². The molecule has 200 valence electrons. The van der Waals surface area contributed by atoms with Gasteiger partial charge in [-0.3, -0.25) is 19.4 Å². The number of carbonyl (C=O) groups is 3. The van der Waals surface area contributed by atoms with Gasteiger partial charge >= 0.3 is 24.1 Å². The summed E-state index contributed by atoms with van der Waals surface area (Å²) in [7, 11) is 0. The molecule has 5 atom stereocenters. The number of halogens is 3. The molecule has 0 saturated carbocycles. The van der Waals surface area contributed by atoms with Gasteiger partial charge in [-0.05, 0) is 12.8 Å². The highest BCUT2D eigenvalue weighted by atomic mass is 19.4. The van der Waals surface area contributed by atoms with E-state index in [1.165, 1.54) is 0 Å². The molecule has 0 amide bonds. The quantitative estimate of drug-likeness (QED) is 0.320. The largest absolute Gasteiger partial charge is 0.481 e. The fourth-order valence-corrected chi connectivity index (χ4v) is 3.95.